The molecule has 0 atom stereocenters. The van der Waals surface area contributed by atoms with Crippen LogP contribution in [0, 0.1) is 5.82 Å². The summed E-state index contributed by atoms with van der Waals surface area (Å²) < 4.78 is 19.0. The summed E-state index contributed by atoms with van der Waals surface area (Å²) in [7, 11) is 0. The molecule has 0 bridgehead atoms. The molecule has 0 radical (unpaired) electrons. The first-order chi connectivity index (χ1) is 18.7. The number of aliphatic carboxylic acids is 2. The predicted molar refractivity (Wildman–Crippen MR) is 137 cm³/mol. The predicted octanol–water partition coefficient (Wildman–Crippen LogP) is 2.41. The Morgan fingerprint density at radius 1 is 0.769 bits per heavy atom. The molecule has 1 aliphatic rings. The van der Waals surface area contributed by atoms with Crippen molar-refractivity contribution in [2.24, 2.45) is 0 Å². The lowest BCUT2D eigenvalue weighted by atomic mass is 10.1. The standard InChI is InChI=1S/C26H26FN3O3.C2H2O4/c27-23-5-1-3-22(15-23)19-33-24-8-6-20(7-9-24)16-25(31)29-11-13-30(14-12-29)26(32)17-21-4-2-10-28-18-21;3-1(4)2(5)6/h1-10,15,18H,11-14,16-17,19H2;(H,3,4)(H,5,6). The first-order valence-corrected chi connectivity index (χ1v) is 12.1. The lowest BCUT2D eigenvalue weighted by Crippen LogP contribution is -2.51. The Hall–Kier alpha value is -4.80. The summed E-state index contributed by atoms with van der Waals surface area (Å²) in [5.74, 6) is -3.17. The van der Waals surface area contributed by atoms with Crippen LogP contribution in [0.5, 0.6) is 5.75 Å². The van der Waals surface area contributed by atoms with E-state index in [1.165, 1.54) is 12.1 Å². The van der Waals surface area contributed by atoms with Crippen LogP contribution in [0.25, 0.3) is 0 Å². The number of amides is 2. The number of hydrogen-bond donors (Lipinski definition) is 2. The van der Waals surface area contributed by atoms with E-state index in [0.717, 1.165) is 16.7 Å². The summed E-state index contributed by atoms with van der Waals surface area (Å²) >= 11 is 0. The molecule has 39 heavy (non-hydrogen) atoms. The smallest absolute Gasteiger partial charge is 0.414 e. The number of carboxylic acid groups (broad SMARTS) is 2. The number of benzene rings is 2. The van der Waals surface area contributed by atoms with E-state index in [1.807, 2.05) is 52.3 Å². The molecule has 2 heterocycles. The monoisotopic (exact) mass is 537 g/mol. The molecule has 1 saturated heterocycles. The molecular weight excluding hydrogens is 509 g/mol. The van der Waals surface area contributed by atoms with Crippen LogP contribution < -0.4 is 4.74 Å². The van der Waals surface area contributed by atoms with Gasteiger partial charge in [0.2, 0.25) is 11.8 Å². The summed E-state index contributed by atoms with van der Waals surface area (Å²) in [5, 5.41) is 14.8. The summed E-state index contributed by atoms with van der Waals surface area (Å²) in [5.41, 5.74) is 2.55. The van der Waals surface area contributed by atoms with E-state index in [0.29, 0.717) is 44.8 Å². The Labute approximate surface area is 224 Å². The van der Waals surface area contributed by atoms with Crippen molar-refractivity contribution in [1.29, 1.82) is 0 Å². The third-order valence-corrected chi connectivity index (χ3v) is 5.82. The van der Waals surface area contributed by atoms with Gasteiger partial charge < -0.3 is 24.7 Å². The molecule has 1 aromatic heterocycles. The number of carboxylic acids is 2. The summed E-state index contributed by atoms with van der Waals surface area (Å²) in [4.78, 5) is 51.1. The van der Waals surface area contributed by atoms with E-state index in [2.05, 4.69) is 4.98 Å². The highest BCUT2D eigenvalue weighted by Crippen LogP contribution is 2.16. The lowest BCUT2D eigenvalue weighted by molar-refractivity contribution is -0.159. The Bertz CT molecular complexity index is 1270. The van der Waals surface area contributed by atoms with Crippen LogP contribution in [0.15, 0.2) is 73.1 Å². The number of aromatic nitrogens is 1. The third-order valence-electron chi connectivity index (χ3n) is 5.82. The molecule has 1 fully saturated rings. The molecule has 2 amide bonds. The van der Waals surface area contributed by atoms with Crippen molar-refractivity contribution in [2.75, 3.05) is 26.2 Å². The SMILES string of the molecule is O=C(Cc1ccc(OCc2cccc(F)c2)cc1)N1CCN(C(=O)Cc2cccnc2)CC1.O=C(O)C(=O)O. The van der Waals surface area contributed by atoms with Crippen molar-refractivity contribution in [3.63, 3.8) is 0 Å². The van der Waals surface area contributed by atoms with E-state index in [-0.39, 0.29) is 24.2 Å². The average Bonchev–Trinajstić information content (AvgIpc) is 2.93. The van der Waals surface area contributed by atoms with Crippen molar-refractivity contribution in [3.05, 3.63) is 95.6 Å². The largest absolute Gasteiger partial charge is 0.489 e. The van der Waals surface area contributed by atoms with Crippen LogP contribution in [0.1, 0.15) is 16.7 Å². The van der Waals surface area contributed by atoms with E-state index in [4.69, 9.17) is 24.5 Å². The molecule has 204 valence electrons. The molecule has 4 rings (SSSR count). The van der Waals surface area contributed by atoms with Gasteiger partial charge in [-0.25, -0.2) is 14.0 Å². The summed E-state index contributed by atoms with van der Waals surface area (Å²) in [6.45, 7) is 2.42. The number of halogens is 1. The number of rotatable bonds is 7. The van der Waals surface area contributed by atoms with Gasteiger partial charge in [-0.15, -0.1) is 0 Å². The van der Waals surface area contributed by atoms with Gasteiger partial charge in [0.1, 0.15) is 18.2 Å². The third kappa shape index (κ3) is 9.54. The topological polar surface area (TPSA) is 137 Å². The Kier molecular flexibility index (Phi) is 10.5. The highest BCUT2D eigenvalue weighted by Gasteiger charge is 2.24. The fraction of sp³-hybridized carbons (Fsp3) is 0.250. The zero-order valence-corrected chi connectivity index (χ0v) is 21.0. The molecule has 2 N–H and O–H groups in total. The van der Waals surface area contributed by atoms with Gasteiger partial charge in [0.15, 0.2) is 0 Å². The number of ether oxygens (including phenoxy) is 1. The second-order valence-electron chi connectivity index (χ2n) is 8.65. The highest BCUT2D eigenvalue weighted by atomic mass is 19.1. The quantitative estimate of drug-likeness (QED) is 0.439. The van der Waals surface area contributed by atoms with Gasteiger partial charge in [0.05, 0.1) is 12.8 Å². The van der Waals surface area contributed by atoms with E-state index in [1.54, 1.807) is 18.5 Å². The van der Waals surface area contributed by atoms with Gasteiger partial charge in [-0.1, -0.05) is 30.3 Å². The molecule has 0 aliphatic carbocycles. The minimum atomic E-state index is -1.82. The lowest BCUT2D eigenvalue weighted by Gasteiger charge is -2.35. The maximum absolute atomic E-state index is 13.3. The zero-order valence-electron chi connectivity index (χ0n) is 21.0. The van der Waals surface area contributed by atoms with Crippen LogP contribution in [0.3, 0.4) is 0 Å². The number of piperazine rings is 1. The normalized spacial score (nSPS) is 12.6. The van der Waals surface area contributed by atoms with Crippen LogP contribution in [0.2, 0.25) is 0 Å². The number of carbonyl (C=O) groups excluding carboxylic acids is 2. The van der Waals surface area contributed by atoms with Crippen molar-refractivity contribution < 1.29 is 38.5 Å². The van der Waals surface area contributed by atoms with Gasteiger partial charge in [0, 0.05) is 38.6 Å². The van der Waals surface area contributed by atoms with Crippen molar-refractivity contribution >= 4 is 23.8 Å². The number of carbonyl (C=O) groups is 4. The molecule has 11 heteroatoms. The molecule has 1 aliphatic heterocycles. The van der Waals surface area contributed by atoms with Crippen molar-refractivity contribution in [3.8, 4) is 5.75 Å². The molecule has 2 aromatic carbocycles. The minimum Gasteiger partial charge on any atom is -0.489 e. The van der Waals surface area contributed by atoms with Gasteiger partial charge in [0.25, 0.3) is 0 Å². The fourth-order valence-corrected chi connectivity index (χ4v) is 3.78. The van der Waals surface area contributed by atoms with Gasteiger partial charge >= 0.3 is 11.9 Å². The Balaban J connectivity index is 0.000000631. The zero-order chi connectivity index (χ0) is 28.2. The molecule has 10 nitrogen and oxygen atoms in total. The van der Waals surface area contributed by atoms with E-state index in [9.17, 15) is 14.0 Å². The highest BCUT2D eigenvalue weighted by molar-refractivity contribution is 6.27. The molecule has 0 unspecified atom stereocenters. The maximum Gasteiger partial charge on any atom is 0.414 e. The average molecular weight is 538 g/mol. The first kappa shape index (κ1) is 28.8. The van der Waals surface area contributed by atoms with Crippen LogP contribution in [-0.4, -0.2) is 74.9 Å². The summed E-state index contributed by atoms with van der Waals surface area (Å²) in [6.07, 6.45) is 4.02. The molecule has 3 aromatic rings. The van der Waals surface area contributed by atoms with Crippen molar-refractivity contribution in [1.82, 2.24) is 14.8 Å². The van der Waals surface area contributed by atoms with Crippen LogP contribution in [-0.2, 0) is 38.6 Å². The van der Waals surface area contributed by atoms with Gasteiger partial charge in [-0.3, -0.25) is 14.6 Å². The summed E-state index contributed by atoms with van der Waals surface area (Å²) in [6, 6.07) is 17.4. The number of pyridine rings is 1. The van der Waals surface area contributed by atoms with Crippen LogP contribution >= 0.6 is 0 Å². The number of nitrogens with zero attached hydrogens (tertiary/aromatic N) is 3. The first-order valence-electron chi connectivity index (χ1n) is 12.1. The molecular formula is C28H28FN3O7. The van der Waals surface area contributed by atoms with Crippen LogP contribution in [0.4, 0.5) is 4.39 Å². The fourth-order valence-electron chi connectivity index (χ4n) is 3.78. The minimum absolute atomic E-state index is 0.0442. The molecule has 0 spiro atoms. The van der Waals surface area contributed by atoms with E-state index >= 15 is 0 Å². The van der Waals surface area contributed by atoms with E-state index < -0.39 is 11.9 Å². The van der Waals surface area contributed by atoms with Gasteiger partial charge in [-0.05, 0) is 47.0 Å². The second-order valence-corrected chi connectivity index (χ2v) is 8.65. The second kappa shape index (κ2) is 14.2. The maximum atomic E-state index is 13.3. The number of hydrogen-bond acceptors (Lipinski definition) is 6. The Morgan fingerprint density at radius 3 is 1.85 bits per heavy atom. The van der Waals surface area contributed by atoms with Crippen molar-refractivity contribution in [2.45, 2.75) is 19.4 Å². The Morgan fingerprint density at radius 2 is 1.33 bits per heavy atom. The van der Waals surface area contributed by atoms with Gasteiger partial charge in [-0.2, -0.15) is 0 Å². The molecule has 0 saturated carbocycles.